The van der Waals surface area contributed by atoms with Crippen molar-refractivity contribution in [2.24, 2.45) is 0 Å². The molecule has 19 heavy (non-hydrogen) atoms. The van der Waals surface area contributed by atoms with E-state index < -0.39 is 25.3 Å². The highest BCUT2D eigenvalue weighted by Crippen LogP contribution is 2.23. The Morgan fingerprint density at radius 1 is 1.21 bits per heavy atom. The van der Waals surface area contributed by atoms with Crippen molar-refractivity contribution in [2.45, 2.75) is 11.8 Å². The minimum atomic E-state index is -3.67. The van der Waals surface area contributed by atoms with E-state index in [9.17, 15) is 16.8 Å². The third-order valence-electron chi connectivity index (χ3n) is 2.40. The van der Waals surface area contributed by atoms with Crippen LogP contribution in [0.3, 0.4) is 0 Å². The van der Waals surface area contributed by atoms with Crippen LogP contribution in [0.15, 0.2) is 23.1 Å². The van der Waals surface area contributed by atoms with Crippen LogP contribution in [0.25, 0.3) is 0 Å². The SMILES string of the molecule is Cc1ccc(S(=O)(=O)N(C)C)cc1NS(=O)(=O)CCl. The number of halogens is 1. The van der Waals surface area contributed by atoms with E-state index in [2.05, 4.69) is 4.72 Å². The molecule has 0 aliphatic carbocycles. The third-order valence-corrected chi connectivity index (χ3v) is 5.89. The number of sulfonamides is 2. The van der Waals surface area contributed by atoms with Gasteiger partial charge in [-0.25, -0.2) is 21.1 Å². The van der Waals surface area contributed by atoms with E-state index in [1.165, 1.54) is 32.3 Å². The zero-order chi connectivity index (χ0) is 14.8. The molecule has 1 N–H and O–H groups in total. The van der Waals surface area contributed by atoms with Gasteiger partial charge < -0.3 is 0 Å². The van der Waals surface area contributed by atoms with Crippen LogP contribution in [-0.2, 0) is 20.0 Å². The molecule has 1 rings (SSSR count). The molecule has 0 bridgehead atoms. The van der Waals surface area contributed by atoms with Gasteiger partial charge in [-0.15, -0.1) is 11.6 Å². The lowest BCUT2D eigenvalue weighted by molar-refractivity contribution is 0.520. The van der Waals surface area contributed by atoms with Crippen LogP contribution in [0.4, 0.5) is 5.69 Å². The molecule has 1 aromatic carbocycles. The second kappa shape index (κ2) is 5.66. The average molecular weight is 327 g/mol. The summed E-state index contributed by atoms with van der Waals surface area (Å²) in [5.41, 5.74) is 0.801. The molecule has 0 atom stereocenters. The van der Waals surface area contributed by atoms with Gasteiger partial charge in [0.25, 0.3) is 0 Å². The predicted octanol–water partition coefficient (Wildman–Crippen LogP) is 1.18. The predicted molar refractivity (Wildman–Crippen MR) is 75.3 cm³/mol. The van der Waals surface area contributed by atoms with Crippen molar-refractivity contribution in [1.29, 1.82) is 0 Å². The van der Waals surface area contributed by atoms with Crippen molar-refractivity contribution < 1.29 is 16.8 Å². The van der Waals surface area contributed by atoms with E-state index in [1.54, 1.807) is 6.92 Å². The molecule has 0 spiro atoms. The molecule has 0 saturated carbocycles. The number of anilines is 1. The molecule has 6 nitrogen and oxygen atoms in total. The summed E-state index contributed by atoms with van der Waals surface area (Å²) in [5, 5.41) is -0.600. The second-order valence-electron chi connectivity index (χ2n) is 4.09. The fourth-order valence-corrected chi connectivity index (χ4v) is 2.98. The topological polar surface area (TPSA) is 83.6 Å². The third kappa shape index (κ3) is 3.82. The fraction of sp³-hybridized carbons (Fsp3) is 0.400. The van der Waals surface area contributed by atoms with Crippen LogP contribution in [0, 0.1) is 6.92 Å². The molecule has 1 aromatic rings. The molecule has 9 heteroatoms. The van der Waals surface area contributed by atoms with Gasteiger partial charge in [0.1, 0.15) is 5.21 Å². The van der Waals surface area contributed by atoms with Gasteiger partial charge in [-0.05, 0) is 24.6 Å². The second-order valence-corrected chi connectivity index (χ2v) is 8.55. The largest absolute Gasteiger partial charge is 0.282 e. The lowest BCUT2D eigenvalue weighted by Crippen LogP contribution is -2.22. The van der Waals surface area contributed by atoms with Gasteiger partial charge in [0.15, 0.2) is 0 Å². The molecule has 0 aliphatic heterocycles. The number of hydrogen-bond acceptors (Lipinski definition) is 4. The van der Waals surface area contributed by atoms with Crippen LogP contribution in [-0.4, -0.2) is 40.4 Å². The quantitative estimate of drug-likeness (QED) is 0.824. The highest BCUT2D eigenvalue weighted by molar-refractivity contribution is 7.93. The normalized spacial score (nSPS) is 12.7. The van der Waals surface area contributed by atoms with E-state index >= 15 is 0 Å². The van der Waals surface area contributed by atoms with E-state index in [-0.39, 0.29) is 10.6 Å². The Labute approximate surface area is 118 Å². The molecule has 0 aliphatic rings. The van der Waals surface area contributed by atoms with Crippen molar-refractivity contribution >= 4 is 37.3 Å². The van der Waals surface area contributed by atoms with Crippen molar-refractivity contribution in [3.05, 3.63) is 23.8 Å². The smallest absolute Gasteiger partial charge is 0.246 e. The van der Waals surface area contributed by atoms with Crippen LogP contribution in [0.5, 0.6) is 0 Å². The number of alkyl halides is 1. The first-order valence-electron chi connectivity index (χ1n) is 5.20. The minimum Gasteiger partial charge on any atom is -0.282 e. The summed E-state index contributed by atoms with van der Waals surface area (Å²) >= 11 is 5.30. The molecule has 0 unspecified atom stereocenters. The Morgan fingerprint density at radius 2 is 1.79 bits per heavy atom. The Balaban J connectivity index is 3.30. The summed E-state index contributed by atoms with van der Waals surface area (Å²) in [6, 6.07) is 4.22. The molecule has 0 fully saturated rings. The molecule has 108 valence electrons. The van der Waals surface area contributed by atoms with E-state index in [1.807, 2.05) is 0 Å². The van der Waals surface area contributed by atoms with Gasteiger partial charge in [0.2, 0.25) is 20.0 Å². The molecule has 0 amide bonds. The fourth-order valence-electron chi connectivity index (χ4n) is 1.28. The maximum absolute atomic E-state index is 12.0. The van der Waals surface area contributed by atoms with Gasteiger partial charge in [-0.3, -0.25) is 4.72 Å². The Hall–Kier alpha value is -0.830. The number of hydrogen-bond donors (Lipinski definition) is 1. The first kappa shape index (κ1) is 16.2. The highest BCUT2D eigenvalue weighted by Gasteiger charge is 2.19. The van der Waals surface area contributed by atoms with Gasteiger partial charge in [0, 0.05) is 14.1 Å². The summed E-state index contributed by atoms with van der Waals surface area (Å²) in [5.74, 6) is 0. The van der Waals surface area contributed by atoms with Crippen molar-refractivity contribution in [3.63, 3.8) is 0 Å². The van der Waals surface area contributed by atoms with Gasteiger partial charge in [-0.2, -0.15) is 0 Å². The minimum absolute atomic E-state index is 0.00960. The van der Waals surface area contributed by atoms with Crippen LogP contribution in [0.2, 0.25) is 0 Å². The molecule has 0 radical (unpaired) electrons. The Bertz CT molecular complexity index is 669. The number of nitrogens with one attached hydrogen (secondary N) is 1. The summed E-state index contributed by atoms with van der Waals surface area (Å²) in [6.07, 6.45) is 0. The summed E-state index contributed by atoms with van der Waals surface area (Å²) in [7, 11) is -4.48. The zero-order valence-corrected chi connectivity index (χ0v) is 13.1. The van der Waals surface area contributed by atoms with Gasteiger partial charge in [0.05, 0.1) is 10.6 Å². The Kier molecular flexibility index (Phi) is 4.83. The molecule has 0 heterocycles. The lowest BCUT2D eigenvalue weighted by Gasteiger charge is -2.14. The number of nitrogens with zero attached hydrogens (tertiary/aromatic N) is 1. The van der Waals surface area contributed by atoms with Crippen LogP contribution < -0.4 is 4.72 Å². The van der Waals surface area contributed by atoms with Crippen molar-refractivity contribution in [3.8, 4) is 0 Å². The van der Waals surface area contributed by atoms with Crippen LogP contribution in [0.1, 0.15) is 5.56 Å². The number of benzene rings is 1. The molecule has 0 saturated heterocycles. The molecule has 0 aromatic heterocycles. The van der Waals surface area contributed by atoms with Crippen LogP contribution >= 0.6 is 11.6 Å². The monoisotopic (exact) mass is 326 g/mol. The van der Waals surface area contributed by atoms with E-state index in [0.717, 1.165) is 4.31 Å². The van der Waals surface area contributed by atoms with Crippen molar-refractivity contribution in [1.82, 2.24) is 4.31 Å². The number of rotatable bonds is 5. The summed E-state index contributed by atoms with van der Waals surface area (Å²) in [4.78, 5) is 0.00960. The summed E-state index contributed by atoms with van der Waals surface area (Å²) < 4.78 is 50.0. The first-order chi connectivity index (χ1) is 8.60. The zero-order valence-electron chi connectivity index (χ0n) is 10.7. The maximum atomic E-state index is 12.0. The van der Waals surface area contributed by atoms with E-state index in [4.69, 9.17) is 11.6 Å². The Morgan fingerprint density at radius 3 is 2.26 bits per heavy atom. The standard InChI is InChI=1S/C10H15ClN2O4S2/c1-8-4-5-9(19(16,17)13(2)3)6-10(8)12-18(14,15)7-11/h4-6,12H,7H2,1-3H3. The number of aryl methyl sites for hydroxylation is 1. The molecular weight excluding hydrogens is 312 g/mol. The lowest BCUT2D eigenvalue weighted by atomic mass is 10.2. The highest BCUT2D eigenvalue weighted by atomic mass is 35.5. The first-order valence-corrected chi connectivity index (χ1v) is 8.82. The van der Waals surface area contributed by atoms with Gasteiger partial charge in [-0.1, -0.05) is 6.07 Å². The van der Waals surface area contributed by atoms with E-state index in [0.29, 0.717) is 5.56 Å². The van der Waals surface area contributed by atoms with Crippen molar-refractivity contribution in [2.75, 3.05) is 24.0 Å². The summed E-state index contributed by atoms with van der Waals surface area (Å²) in [6.45, 7) is 1.66. The molecular formula is C10H15ClN2O4S2. The average Bonchev–Trinajstić information content (AvgIpc) is 2.31. The maximum Gasteiger partial charge on any atom is 0.246 e. The van der Waals surface area contributed by atoms with Gasteiger partial charge >= 0.3 is 0 Å².